The van der Waals surface area contributed by atoms with E-state index in [0.717, 1.165) is 30.6 Å². The van der Waals surface area contributed by atoms with Gasteiger partial charge in [0.25, 0.3) is 0 Å². The van der Waals surface area contributed by atoms with Crippen LogP contribution in [0, 0.1) is 5.92 Å². The van der Waals surface area contributed by atoms with Crippen molar-refractivity contribution in [3.8, 4) is 0 Å². The van der Waals surface area contributed by atoms with Gasteiger partial charge in [0.05, 0.1) is 11.6 Å². The number of hydrogen-bond acceptors (Lipinski definition) is 3. The summed E-state index contributed by atoms with van der Waals surface area (Å²) in [6.45, 7) is 4.83. The van der Waals surface area contributed by atoms with Gasteiger partial charge in [0.2, 0.25) is 0 Å². The van der Waals surface area contributed by atoms with Crippen LogP contribution in [0.1, 0.15) is 38.2 Å². The zero-order valence-electron chi connectivity index (χ0n) is 13.0. The summed E-state index contributed by atoms with van der Waals surface area (Å²) in [5.74, 6) is 0.849. The summed E-state index contributed by atoms with van der Waals surface area (Å²) < 4.78 is 5.07. The number of methoxy groups -OCH3 is 1. The van der Waals surface area contributed by atoms with Gasteiger partial charge < -0.3 is 10.1 Å². The smallest absolute Gasteiger partial charge is 0.0587 e. The normalized spacial score (nSPS) is 22.4. The molecule has 1 N–H and O–H groups in total. The van der Waals surface area contributed by atoms with E-state index in [-0.39, 0.29) is 0 Å². The summed E-state index contributed by atoms with van der Waals surface area (Å²) in [5.41, 5.74) is 1.31. The first-order chi connectivity index (χ1) is 10.2. The molecule has 0 spiro atoms. The fourth-order valence-electron chi connectivity index (χ4n) is 2.87. The Balaban J connectivity index is 1.99. The quantitative estimate of drug-likeness (QED) is 0.730. The molecule has 2 rings (SSSR count). The fraction of sp³-hybridized carbons (Fsp3) is 0.647. The second-order valence-electron chi connectivity index (χ2n) is 5.91. The maximum absolute atomic E-state index is 6.45. The average Bonchev–Trinajstić information content (AvgIpc) is 2.47. The van der Waals surface area contributed by atoms with Crippen LogP contribution in [-0.2, 0) is 11.3 Å². The van der Waals surface area contributed by atoms with Crippen molar-refractivity contribution in [2.45, 2.75) is 49.3 Å². The van der Waals surface area contributed by atoms with Crippen LogP contribution in [0.15, 0.2) is 23.1 Å². The highest BCUT2D eigenvalue weighted by atomic mass is 35.5. The molecule has 0 saturated heterocycles. The van der Waals surface area contributed by atoms with Gasteiger partial charge >= 0.3 is 0 Å². The molecule has 1 aromatic carbocycles. The van der Waals surface area contributed by atoms with Gasteiger partial charge in [0.15, 0.2) is 0 Å². The van der Waals surface area contributed by atoms with Gasteiger partial charge in [-0.25, -0.2) is 0 Å². The lowest BCUT2D eigenvalue weighted by Crippen LogP contribution is -2.19. The summed E-state index contributed by atoms with van der Waals surface area (Å²) in [4.78, 5) is 1.27. The third-order valence-electron chi connectivity index (χ3n) is 4.02. The van der Waals surface area contributed by atoms with Crippen molar-refractivity contribution < 1.29 is 4.74 Å². The van der Waals surface area contributed by atoms with Crippen LogP contribution in [0.2, 0.25) is 5.02 Å². The molecule has 0 radical (unpaired) electrons. The third-order valence-corrected chi connectivity index (χ3v) is 5.93. The molecule has 0 aromatic heterocycles. The molecule has 1 aliphatic rings. The minimum absolute atomic E-state index is 0.714. The molecule has 0 bridgehead atoms. The Labute approximate surface area is 138 Å². The maximum atomic E-state index is 6.45. The van der Waals surface area contributed by atoms with Gasteiger partial charge in [-0.15, -0.1) is 11.8 Å². The average molecular weight is 328 g/mol. The zero-order chi connectivity index (χ0) is 15.1. The van der Waals surface area contributed by atoms with E-state index in [4.69, 9.17) is 16.3 Å². The summed E-state index contributed by atoms with van der Waals surface area (Å²) in [7, 11) is 1.73. The largest absolute Gasteiger partial charge is 0.383 e. The van der Waals surface area contributed by atoms with Gasteiger partial charge in [0.1, 0.15) is 0 Å². The van der Waals surface area contributed by atoms with Gasteiger partial charge in [-0.3, -0.25) is 0 Å². The highest BCUT2D eigenvalue weighted by Crippen LogP contribution is 2.40. The van der Waals surface area contributed by atoms with E-state index in [9.17, 15) is 0 Å². The Morgan fingerprint density at radius 2 is 2.24 bits per heavy atom. The Kier molecular flexibility index (Phi) is 7.38. The van der Waals surface area contributed by atoms with Crippen LogP contribution in [-0.4, -0.2) is 25.5 Å². The highest BCUT2D eigenvalue weighted by molar-refractivity contribution is 8.00. The van der Waals surface area contributed by atoms with Crippen LogP contribution < -0.4 is 5.32 Å². The first kappa shape index (κ1) is 17.1. The lowest BCUT2D eigenvalue weighted by Gasteiger charge is -2.27. The van der Waals surface area contributed by atoms with Gasteiger partial charge in [-0.2, -0.15) is 0 Å². The minimum atomic E-state index is 0.714. The van der Waals surface area contributed by atoms with Crippen molar-refractivity contribution in [2.24, 2.45) is 5.92 Å². The molecule has 2 unspecified atom stereocenters. The van der Waals surface area contributed by atoms with E-state index in [1.807, 2.05) is 23.9 Å². The monoisotopic (exact) mass is 327 g/mol. The van der Waals surface area contributed by atoms with E-state index in [2.05, 4.69) is 18.3 Å². The van der Waals surface area contributed by atoms with Crippen LogP contribution in [0.4, 0.5) is 0 Å². The van der Waals surface area contributed by atoms with Crippen molar-refractivity contribution in [1.82, 2.24) is 5.32 Å². The summed E-state index contributed by atoms with van der Waals surface area (Å²) in [6, 6.07) is 6.23. The molecule has 1 saturated carbocycles. The number of benzene rings is 1. The van der Waals surface area contributed by atoms with Crippen LogP contribution in [0.3, 0.4) is 0 Å². The van der Waals surface area contributed by atoms with E-state index >= 15 is 0 Å². The number of hydrogen-bond donors (Lipinski definition) is 1. The molecule has 0 heterocycles. The van der Waals surface area contributed by atoms with Crippen molar-refractivity contribution in [1.29, 1.82) is 0 Å². The molecule has 1 aliphatic carbocycles. The molecule has 1 fully saturated rings. The maximum Gasteiger partial charge on any atom is 0.0587 e. The Bertz CT molecular complexity index is 441. The van der Waals surface area contributed by atoms with Crippen LogP contribution in [0.5, 0.6) is 0 Å². The highest BCUT2D eigenvalue weighted by Gasteiger charge is 2.21. The summed E-state index contributed by atoms with van der Waals surface area (Å²) in [5, 5.41) is 5.03. The second kappa shape index (κ2) is 9.04. The van der Waals surface area contributed by atoms with E-state index in [0.29, 0.717) is 5.25 Å². The lowest BCUT2D eigenvalue weighted by atomic mass is 9.91. The summed E-state index contributed by atoms with van der Waals surface area (Å²) >= 11 is 8.43. The Morgan fingerprint density at radius 1 is 1.38 bits per heavy atom. The van der Waals surface area contributed by atoms with Gasteiger partial charge in [0, 0.05) is 30.3 Å². The topological polar surface area (TPSA) is 21.3 Å². The number of halogens is 1. The van der Waals surface area contributed by atoms with Crippen molar-refractivity contribution in [3.63, 3.8) is 0 Å². The predicted molar refractivity (Wildman–Crippen MR) is 92.3 cm³/mol. The molecule has 4 heteroatoms. The van der Waals surface area contributed by atoms with Crippen molar-refractivity contribution in [3.05, 3.63) is 28.8 Å². The predicted octanol–water partition coefficient (Wildman–Crippen LogP) is 4.75. The SMILES string of the molecule is COCCNCc1cccc(Cl)c1SC1CCCC(C)C1. The van der Waals surface area contributed by atoms with E-state index < -0.39 is 0 Å². The van der Waals surface area contributed by atoms with Gasteiger partial charge in [-0.05, 0) is 30.4 Å². The van der Waals surface area contributed by atoms with Gasteiger partial charge in [-0.1, -0.05) is 43.5 Å². The number of thioether (sulfide) groups is 1. The molecule has 0 amide bonds. The summed E-state index contributed by atoms with van der Waals surface area (Å²) in [6.07, 6.45) is 5.36. The Hall–Kier alpha value is -0.220. The standard InChI is InChI=1S/C17H26ClNOS/c1-13-5-3-7-15(11-13)21-17-14(6-4-8-16(17)18)12-19-9-10-20-2/h4,6,8,13,15,19H,3,5,7,9-12H2,1-2H3. The number of ether oxygens (including phenoxy) is 1. The fourth-order valence-corrected chi connectivity index (χ4v) is 4.72. The van der Waals surface area contributed by atoms with Crippen molar-refractivity contribution in [2.75, 3.05) is 20.3 Å². The number of nitrogens with one attached hydrogen (secondary N) is 1. The minimum Gasteiger partial charge on any atom is -0.383 e. The van der Waals surface area contributed by atoms with Crippen molar-refractivity contribution >= 4 is 23.4 Å². The third kappa shape index (κ3) is 5.48. The molecule has 0 aliphatic heterocycles. The van der Waals surface area contributed by atoms with Crippen LogP contribution >= 0.6 is 23.4 Å². The van der Waals surface area contributed by atoms with E-state index in [1.165, 1.54) is 36.1 Å². The van der Waals surface area contributed by atoms with Crippen LogP contribution in [0.25, 0.3) is 0 Å². The molecule has 21 heavy (non-hydrogen) atoms. The molecule has 118 valence electrons. The molecule has 1 aromatic rings. The Morgan fingerprint density at radius 3 is 3.00 bits per heavy atom. The molecular formula is C17H26ClNOS. The first-order valence-corrected chi connectivity index (χ1v) is 9.10. The number of rotatable bonds is 7. The molecule has 2 nitrogen and oxygen atoms in total. The first-order valence-electron chi connectivity index (χ1n) is 7.84. The molecule has 2 atom stereocenters. The second-order valence-corrected chi connectivity index (χ2v) is 7.63. The zero-order valence-corrected chi connectivity index (χ0v) is 14.6. The molecular weight excluding hydrogens is 302 g/mol. The lowest BCUT2D eigenvalue weighted by molar-refractivity contribution is 0.199. The van der Waals surface area contributed by atoms with E-state index in [1.54, 1.807) is 7.11 Å².